The first-order valence-electron chi connectivity index (χ1n) is 6.37. The molecular formula is C13H27NO2. The number of hydrogen-bond acceptors (Lipinski definition) is 3. The lowest BCUT2D eigenvalue weighted by molar-refractivity contribution is 0.00676. The van der Waals surface area contributed by atoms with E-state index in [1.807, 2.05) is 20.9 Å². The molecule has 0 aromatic rings. The first-order valence-corrected chi connectivity index (χ1v) is 6.37. The molecule has 3 atom stereocenters. The van der Waals surface area contributed by atoms with E-state index in [9.17, 15) is 10.2 Å². The Morgan fingerprint density at radius 3 is 2.50 bits per heavy atom. The van der Waals surface area contributed by atoms with Gasteiger partial charge in [-0.3, -0.25) is 0 Å². The molecule has 0 aliphatic heterocycles. The molecule has 0 spiro atoms. The van der Waals surface area contributed by atoms with Gasteiger partial charge in [-0.05, 0) is 52.0 Å². The molecule has 16 heavy (non-hydrogen) atoms. The highest BCUT2D eigenvalue weighted by atomic mass is 16.3. The van der Waals surface area contributed by atoms with Gasteiger partial charge in [0.2, 0.25) is 0 Å². The van der Waals surface area contributed by atoms with E-state index in [0.29, 0.717) is 12.5 Å². The molecule has 1 aliphatic carbocycles. The fourth-order valence-corrected chi connectivity index (χ4v) is 2.80. The van der Waals surface area contributed by atoms with Crippen LogP contribution in [0.4, 0.5) is 0 Å². The number of nitrogens with zero attached hydrogens (tertiary/aromatic N) is 1. The minimum atomic E-state index is -0.653. The van der Waals surface area contributed by atoms with Gasteiger partial charge in [-0.1, -0.05) is 6.92 Å². The second-order valence-electron chi connectivity index (χ2n) is 6.25. The normalized spacial score (nSPS) is 32.1. The summed E-state index contributed by atoms with van der Waals surface area (Å²) in [6.07, 6.45) is 3.03. The van der Waals surface area contributed by atoms with Crippen LogP contribution in [-0.2, 0) is 0 Å². The summed E-state index contributed by atoms with van der Waals surface area (Å²) >= 11 is 0. The minimum absolute atomic E-state index is 0.152. The Balaban J connectivity index is 2.40. The van der Waals surface area contributed by atoms with Crippen LogP contribution >= 0.6 is 0 Å². The SMILES string of the molecule is CC1CCC(O)C(CN(C)CC(C)(C)O)C1. The summed E-state index contributed by atoms with van der Waals surface area (Å²) in [6.45, 7) is 7.45. The van der Waals surface area contributed by atoms with E-state index in [4.69, 9.17) is 0 Å². The van der Waals surface area contributed by atoms with Crippen molar-refractivity contribution in [2.75, 3.05) is 20.1 Å². The smallest absolute Gasteiger partial charge is 0.0718 e. The molecule has 2 N–H and O–H groups in total. The standard InChI is InChI=1S/C13H27NO2/c1-10-5-6-12(15)11(7-10)8-14(4)9-13(2,3)16/h10-12,15-16H,5-9H2,1-4H3. The van der Waals surface area contributed by atoms with Gasteiger partial charge >= 0.3 is 0 Å². The summed E-state index contributed by atoms with van der Waals surface area (Å²) in [5, 5.41) is 19.7. The molecule has 0 radical (unpaired) electrons. The molecule has 3 unspecified atom stereocenters. The molecule has 1 saturated carbocycles. The third-order valence-corrected chi connectivity index (χ3v) is 3.41. The second-order valence-corrected chi connectivity index (χ2v) is 6.25. The van der Waals surface area contributed by atoms with E-state index in [1.165, 1.54) is 0 Å². The summed E-state index contributed by atoms with van der Waals surface area (Å²) in [5.41, 5.74) is -0.653. The fourth-order valence-electron chi connectivity index (χ4n) is 2.80. The van der Waals surface area contributed by atoms with Crippen LogP contribution in [0.25, 0.3) is 0 Å². The predicted octanol–water partition coefficient (Wildman–Crippen LogP) is 1.49. The van der Waals surface area contributed by atoms with Crippen LogP contribution in [0.1, 0.15) is 40.0 Å². The average molecular weight is 229 g/mol. The maximum atomic E-state index is 9.94. The van der Waals surface area contributed by atoms with Crippen molar-refractivity contribution in [3.63, 3.8) is 0 Å². The third-order valence-electron chi connectivity index (χ3n) is 3.41. The maximum absolute atomic E-state index is 9.94. The van der Waals surface area contributed by atoms with E-state index < -0.39 is 5.60 Å². The number of likely N-dealkylation sites (N-methyl/N-ethyl adjacent to an activating group) is 1. The van der Waals surface area contributed by atoms with Crippen LogP contribution in [-0.4, -0.2) is 47.0 Å². The molecule has 0 heterocycles. The highest BCUT2D eigenvalue weighted by Gasteiger charge is 2.28. The lowest BCUT2D eigenvalue weighted by Crippen LogP contribution is -2.42. The molecule has 0 saturated heterocycles. The van der Waals surface area contributed by atoms with Crippen molar-refractivity contribution in [2.24, 2.45) is 11.8 Å². The lowest BCUT2D eigenvalue weighted by Gasteiger charge is -2.35. The van der Waals surface area contributed by atoms with Crippen molar-refractivity contribution < 1.29 is 10.2 Å². The van der Waals surface area contributed by atoms with Crippen LogP contribution in [0, 0.1) is 11.8 Å². The van der Waals surface area contributed by atoms with Crippen molar-refractivity contribution in [1.29, 1.82) is 0 Å². The highest BCUT2D eigenvalue weighted by Crippen LogP contribution is 2.29. The molecular weight excluding hydrogens is 202 g/mol. The number of aliphatic hydroxyl groups is 2. The molecule has 0 aromatic heterocycles. The molecule has 0 amide bonds. The Morgan fingerprint density at radius 2 is 1.94 bits per heavy atom. The summed E-state index contributed by atoms with van der Waals surface area (Å²) in [7, 11) is 2.02. The molecule has 0 bridgehead atoms. The molecule has 1 fully saturated rings. The van der Waals surface area contributed by atoms with Crippen LogP contribution in [0.5, 0.6) is 0 Å². The topological polar surface area (TPSA) is 43.7 Å². The van der Waals surface area contributed by atoms with E-state index in [0.717, 1.165) is 31.7 Å². The molecule has 1 aliphatic rings. The second kappa shape index (κ2) is 5.48. The number of hydrogen-bond donors (Lipinski definition) is 2. The van der Waals surface area contributed by atoms with Crippen molar-refractivity contribution in [3.05, 3.63) is 0 Å². The fraction of sp³-hybridized carbons (Fsp3) is 1.00. The lowest BCUT2D eigenvalue weighted by atomic mass is 9.80. The van der Waals surface area contributed by atoms with Crippen molar-refractivity contribution in [1.82, 2.24) is 4.90 Å². The van der Waals surface area contributed by atoms with Gasteiger partial charge in [0.1, 0.15) is 0 Å². The first kappa shape index (κ1) is 13.9. The zero-order valence-electron chi connectivity index (χ0n) is 11.1. The zero-order chi connectivity index (χ0) is 12.3. The van der Waals surface area contributed by atoms with Crippen LogP contribution in [0.15, 0.2) is 0 Å². The quantitative estimate of drug-likeness (QED) is 0.767. The monoisotopic (exact) mass is 229 g/mol. The average Bonchev–Trinajstić information content (AvgIpc) is 2.08. The van der Waals surface area contributed by atoms with E-state index in [2.05, 4.69) is 11.8 Å². The van der Waals surface area contributed by atoms with Gasteiger partial charge in [0.25, 0.3) is 0 Å². The summed E-state index contributed by atoms with van der Waals surface area (Å²) < 4.78 is 0. The van der Waals surface area contributed by atoms with Gasteiger partial charge in [0.15, 0.2) is 0 Å². The van der Waals surface area contributed by atoms with E-state index in [-0.39, 0.29) is 6.10 Å². The van der Waals surface area contributed by atoms with Gasteiger partial charge in [-0.15, -0.1) is 0 Å². The number of rotatable bonds is 4. The zero-order valence-corrected chi connectivity index (χ0v) is 11.1. The highest BCUT2D eigenvalue weighted by molar-refractivity contribution is 4.81. The van der Waals surface area contributed by atoms with E-state index >= 15 is 0 Å². The van der Waals surface area contributed by atoms with E-state index in [1.54, 1.807) is 0 Å². The van der Waals surface area contributed by atoms with Crippen LogP contribution in [0.3, 0.4) is 0 Å². The Hall–Kier alpha value is -0.120. The first-order chi connectivity index (χ1) is 7.28. The Morgan fingerprint density at radius 1 is 1.31 bits per heavy atom. The third kappa shape index (κ3) is 4.81. The van der Waals surface area contributed by atoms with Gasteiger partial charge < -0.3 is 15.1 Å². The van der Waals surface area contributed by atoms with Gasteiger partial charge in [-0.2, -0.15) is 0 Å². The summed E-state index contributed by atoms with van der Waals surface area (Å²) in [4.78, 5) is 2.13. The van der Waals surface area contributed by atoms with Crippen LogP contribution < -0.4 is 0 Å². The molecule has 0 aromatic carbocycles. The molecule has 3 heteroatoms. The Labute approximate surface area is 99.5 Å². The summed E-state index contributed by atoms with van der Waals surface area (Å²) in [6, 6.07) is 0. The minimum Gasteiger partial charge on any atom is -0.393 e. The Kier molecular flexibility index (Phi) is 4.77. The maximum Gasteiger partial charge on any atom is 0.0718 e. The van der Waals surface area contributed by atoms with Crippen LogP contribution in [0.2, 0.25) is 0 Å². The van der Waals surface area contributed by atoms with Gasteiger partial charge in [0.05, 0.1) is 11.7 Å². The van der Waals surface area contributed by atoms with Crippen molar-refractivity contribution >= 4 is 0 Å². The predicted molar refractivity (Wildman–Crippen MR) is 66.3 cm³/mol. The van der Waals surface area contributed by atoms with Crippen molar-refractivity contribution in [2.45, 2.75) is 51.7 Å². The van der Waals surface area contributed by atoms with Crippen molar-refractivity contribution in [3.8, 4) is 0 Å². The van der Waals surface area contributed by atoms with Gasteiger partial charge in [0, 0.05) is 13.1 Å². The van der Waals surface area contributed by atoms with Gasteiger partial charge in [-0.25, -0.2) is 0 Å². The largest absolute Gasteiger partial charge is 0.393 e. The number of aliphatic hydroxyl groups excluding tert-OH is 1. The molecule has 1 rings (SSSR count). The molecule has 3 nitrogen and oxygen atoms in total. The Bertz CT molecular complexity index is 212. The molecule has 96 valence electrons. The summed E-state index contributed by atoms with van der Waals surface area (Å²) in [5.74, 6) is 1.10.